The van der Waals surface area contributed by atoms with Crippen LogP contribution in [-0.2, 0) is 6.54 Å². The molecule has 3 nitrogen and oxygen atoms in total. The van der Waals surface area contributed by atoms with Crippen molar-refractivity contribution in [1.29, 1.82) is 0 Å². The lowest BCUT2D eigenvalue weighted by molar-refractivity contribution is 0.188. The van der Waals surface area contributed by atoms with Crippen molar-refractivity contribution in [2.45, 2.75) is 25.4 Å². The first kappa shape index (κ1) is 16.4. The number of piperidine rings is 1. The molecule has 0 amide bonds. The number of hydrogen-bond donors (Lipinski definition) is 1. The third-order valence-electron chi connectivity index (χ3n) is 3.89. The molecule has 3 rings (SSSR count). The molecule has 2 heterocycles. The topological polar surface area (TPSA) is 28.2 Å². The molecule has 21 heavy (non-hydrogen) atoms. The zero-order valence-electron chi connectivity index (χ0n) is 12.3. The van der Waals surface area contributed by atoms with Crippen molar-refractivity contribution in [1.82, 2.24) is 15.2 Å². The van der Waals surface area contributed by atoms with E-state index >= 15 is 0 Å². The summed E-state index contributed by atoms with van der Waals surface area (Å²) in [5.74, 6) is 0. The Morgan fingerprint density at radius 1 is 1.33 bits per heavy atom. The summed E-state index contributed by atoms with van der Waals surface area (Å²) in [7, 11) is 2.06. The number of nitrogens with one attached hydrogen (secondary N) is 1. The van der Waals surface area contributed by atoms with Gasteiger partial charge in [-0.05, 0) is 26.4 Å². The van der Waals surface area contributed by atoms with E-state index in [1.807, 2.05) is 6.07 Å². The molecule has 1 aromatic carbocycles. The van der Waals surface area contributed by atoms with Gasteiger partial charge in [-0.1, -0.05) is 30.3 Å². The summed E-state index contributed by atoms with van der Waals surface area (Å²) in [4.78, 5) is 7.29. The molecule has 2 aromatic rings. The Bertz CT molecular complexity index is 543. The first-order chi connectivity index (χ1) is 9.85. The van der Waals surface area contributed by atoms with E-state index in [-0.39, 0.29) is 12.4 Å². The first-order valence-corrected chi connectivity index (χ1v) is 8.12. The van der Waals surface area contributed by atoms with Crippen LogP contribution in [-0.4, -0.2) is 36.1 Å². The fourth-order valence-corrected chi connectivity index (χ4v) is 3.60. The highest BCUT2D eigenvalue weighted by molar-refractivity contribution is 7.09. The number of rotatable bonds is 4. The van der Waals surface area contributed by atoms with Gasteiger partial charge in [-0.3, -0.25) is 4.90 Å². The highest BCUT2D eigenvalue weighted by atomic mass is 35.5. The van der Waals surface area contributed by atoms with E-state index < -0.39 is 0 Å². The summed E-state index contributed by atoms with van der Waals surface area (Å²) in [5.41, 5.74) is 2.31. The van der Waals surface area contributed by atoms with Gasteiger partial charge in [0.05, 0.1) is 12.2 Å². The predicted molar refractivity (Wildman–Crippen MR) is 92.2 cm³/mol. The van der Waals surface area contributed by atoms with E-state index in [1.54, 1.807) is 11.3 Å². The standard InChI is InChI=1S/C16H21N3S.ClH/c1-17-14-8-5-9-19(10-14)11-16-18-15(12-20-16)13-6-3-2-4-7-13;/h2-4,6-7,12,14,17H,5,8-11H2,1H3;1H. The van der Waals surface area contributed by atoms with Gasteiger partial charge in [0.25, 0.3) is 0 Å². The maximum atomic E-state index is 4.78. The number of hydrogen-bond acceptors (Lipinski definition) is 4. The van der Waals surface area contributed by atoms with E-state index in [0.29, 0.717) is 6.04 Å². The van der Waals surface area contributed by atoms with Gasteiger partial charge in [-0.2, -0.15) is 0 Å². The molecule has 1 unspecified atom stereocenters. The number of likely N-dealkylation sites (N-methyl/N-ethyl adjacent to an activating group) is 1. The van der Waals surface area contributed by atoms with Crippen LogP contribution in [0.2, 0.25) is 0 Å². The average molecular weight is 324 g/mol. The quantitative estimate of drug-likeness (QED) is 0.934. The van der Waals surface area contributed by atoms with Crippen LogP contribution in [0.3, 0.4) is 0 Å². The minimum Gasteiger partial charge on any atom is -0.316 e. The number of halogens is 1. The van der Waals surface area contributed by atoms with Crippen LogP contribution in [0.4, 0.5) is 0 Å². The lowest BCUT2D eigenvalue weighted by Crippen LogP contribution is -2.43. The molecule has 0 radical (unpaired) electrons. The van der Waals surface area contributed by atoms with Crippen molar-refractivity contribution < 1.29 is 0 Å². The summed E-state index contributed by atoms with van der Waals surface area (Å²) in [5, 5.41) is 6.79. The van der Waals surface area contributed by atoms with E-state index in [0.717, 1.165) is 18.8 Å². The van der Waals surface area contributed by atoms with Gasteiger partial charge in [0.2, 0.25) is 0 Å². The van der Waals surface area contributed by atoms with Crippen LogP contribution in [0.25, 0.3) is 11.3 Å². The number of likely N-dealkylation sites (tertiary alicyclic amines) is 1. The molecule has 1 fully saturated rings. The second kappa shape index (κ2) is 7.90. The molecule has 0 aliphatic carbocycles. The molecule has 0 spiro atoms. The fourth-order valence-electron chi connectivity index (χ4n) is 2.75. The molecule has 1 aromatic heterocycles. The van der Waals surface area contributed by atoms with Crippen molar-refractivity contribution in [3.63, 3.8) is 0 Å². The Kier molecular flexibility index (Phi) is 6.18. The Hall–Kier alpha value is -0.940. The molecule has 1 aliphatic heterocycles. The van der Waals surface area contributed by atoms with E-state index in [1.165, 1.54) is 30.0 Å². The second-order valence-corrected chi connectivity index (χ2v) is 6.30. The highest BCUT2D eigenvalue weighted by Gasteiger charge is 2.19. The maximum absolute atomic E-state index is 4.78. The van der Waals surface area contributed by atoms with Crippen LogP contribution in [0.15, 0.2) is 35.7 Å². The van der Waals surface area contributed by atoms with Crippen molar-refractivity contribution in [3.05, 3.63) is 40.7 Å². The largest absolute Gasteiger partial charge is 0.316 e. The van der Waals surface area contributed by atoms with Crippen LogP contribution < -0.4 is 5.32 Å². The molecule has 1 aliphatic rings. The molecule has 0 bridgehead atoms. The number of benzene rings is 1. The van der Waals surface area contributed by atoms with Gasteiger partial charge in [0.15, 0.2) is 0 Å². The van der Waals surface area contributed by atoms with Gasteiger partial charge in [-0.25, -0.2) is 4.98 Å². The highest BCUT2D eigenvalue weighted by Crippen LogP contribution is 2.23. The number of thiazole rings is 1. The Morgan fingerprint density at radius 3 is 2.90 bits per heavy atom. The zero-order valence-corrected chi connectivity index (χ0v) is 13.9. The predicted octanol–water partition coefficient (Wildman–Crippen LogP) is 3.42. The summed E-state index contributed by atoms with van der Waals surface area (Å²) >= 11 is 1.77. The molecular weight excluding hydrogens is 302 g/mol. The fraction of sp³-hybridized carbons (Fsp3) is 0.438. The lowest BCUT2D eigenvalue weighted by atomic mass is 10.1. The third-order valence-corrected chi connectivity index (χ3v) is 4.73. The second-order valence-electron chi connectivity index (χ2n) is 5.36. The van der Waals surface area contributed by atoms with Gasteiger partial charge in [-0.15, -0.1) is 23.7 Å². The average Bonchev–Trinajstić information content (AvgIpc) is 2.97. The van der Waals surface area contributed by atoms with Crippen molar-refractivity contribution >= 4 is 23.7 Å². The van der Waals surface area contributed by atoms with Crippen LogP contribution in [0.1, 0.15) is 17.8 Å². The maximum Gasteiger partial charge on any atom is 0.107 e. The normalized spacial score (nSPS) is 19.2. The van der Waals surface area contributed by atoms with Crippen molar-refractivity contribution in [2.24, 2.45) is 0 Å². The first-order valence-electron chi connectivity index (χ1n) is 7.24. The zero-order chi connectivity index (χ0) is 13.8. The molecule has 114 valence electrons. The molecule has 1 saturated heterocycles. The van der Waals surface area contributed by atoms with Crippen LogP contribution in [0, 0.1) is 0 Å². The molecule has 0 saturated carbocycles. The Labute approximate surface area is 136 Å². The Morgan fingerprint density at radius 2 is 2.14 bits per heavy atom. The van der Waals surface area contributed by atoms with Crippen molar-refractivity contribution in [2.75, 3.05) is 20.1 Å². The number of aromatic nitrogens is 1. The number of nitrogens with zero attached hydrogens (tertiary/aromatic N) is 2. The SMILES string of the molecule is CNC1CCCN(Cc2nc(-c3ccccc3)cs2)C1.Cl. The molecule has 1 atom stereocenters. The smallest absolute Gasteiger partial charge is 0.107 e. The van der Waals surface area contributed by atoms with Gasteiger partial charge >= 0.3 is 0 Å². The lowest BCUT2D eigenvalue weighted by Gasteiger charge is -2.31. The molecule has 1 N–H and O–H groups in total. The minimum absolute atomic E-state index is 0. The van der Waals surface area contributed by atoms with Crippen LogP contribution >= 0.6 is 23.7 Å². The monoisotopic (exact) mass is 323 g/mol. The van der Waals surface area contributed by atoms with Gasteiger partial charge in [0.1, 0.15) is 5.01 Å². The van der Waals surface area contributed by atoms with E-state index in [9.17, 15) is 0 Å². The Balaban J connectivity index is 0.00000161. The van der Waals surface area contributed by atoms with Crippen molar-refractivity contribution in [3.8, 4) is 11.3 Å². The summed E-state index contributed by atoms with van der Waals surface area (Å²) < 4.78 is 0. The van der Waals surface area contributed by atoms with E-state index in [2.05, 4.69) is 46.9 Å². The summed E-state index contributed by atoms with van der Waals surface area (Å²) in [6.45, 7) is 3.31. The van der Waals surface area contributed by atoms with Crippen LogP contribution in [0.5, 0.6) is 0 Å². The van der Waals surface area contributed by atoms with Gasteiger partial charge < -0.3 is 5.32 Å². The summed E-state index contributed by atoms with van der Waals surface area (Å²) in [6.07, 6.45) is 2.57. The molecule has 5 heteroatoms. The third kappa shape index (κ3) is 4.27. The van der Waals surface area contributed by atoms with E-state index in [4.69, 9.17) is 4.98 Å². The summed E-state index contributed by atoms with van der Waals surface area (Å²) in [6, 6.07) is 11.1. The van der Waals surface area contributed by atoms with Gasteiger partial charge in [0, 0.05) is 23.5 Å². The molecular formula is C16H22ClN3S. The minimum atomic E-state index is 0.